The van der Waals surface area contributed by atoms with Crippen molar-refractivity contribution in [2.75, 3.05) is 30.4 Å². The van der Waals surface area contributed by atoms with Gasteiger partial charge in [0.2, 0.25) is 5.91 Å². The third kappa shape index (κ3) is 5.11. The van der Waals surface area contributed by atoms with E-state index < -0.39 is 0 Å². The van der Waals surface area contributed by atoms with Crippen LogP contribution in [0.1, 0.15) is 18.4 Å². The number of halogens is 1. The first-order valence-electron chi connectivity index (χ1n) is 10.5. The van der Waals surface area contributed by atoms with E-state index in [1.54, 1.807) is 31.6 Å². The highest BCUT2D eigenvalue weighted by molar-refractivity contribution is 6.31. The van der Waals surface area contributed by atoms with E-state index >= 15 is 0 Å². The van der Waals surface area contributed by atoms with Crippen LogP contribution in [-0.4, -0.2) is 36.1 Å². The number of amides is 1. The number of nitrogens with zero attached hydrogens (tertiary/aromatic N) is 3. The number of ether oxygens (including phenoxy) is 2. The molecule has 2 heterocycles. The quantitative estimate of drug-likeness (QED) is 0.561. The molecule has 1 fully saturated rings. The van der Waals surface area contributed by atoms with Gasteiger partial charge in [0.25, 0.3) is 5.88 Å². The number of piperidine rings is 1. The zero-order valence-corrected chi connectivity index (χ0v) is 18.8. The number of carbonyl (C=O) groups excluding carboxylic acids is 1. The van der Waals surface area contributed by atoms with Gasteiger partial charge in [-0.1, -0.05) is 23.7 Å². The summed E-state index contributed by atoms with van der Waals surface area (Å²) in [5.41, 5.74) is 1.74. The fourth-order valence-electron chi connectivity index (χ4n) is 3.70. The lowest BCUT2D eigenvalue weighted by Gasteiger charge is -2.32. The number of benzene rings is 2. The molecule has 0 saturated carbocycles. The number of hydrogen-bond acceptors (Lipinski definition) is 6. The van der Waals surface area contributed by atoms with Crippen molar-refractivity contribution in [3.8, 4) is 17.4 Å². The minimum Gasteiger partial charge on any atom is -0.497 e. The SMILES string of the molecule is COc1cccc(Oc2nccnc2N2CCC(C(=O)Nc3cc(Cl)ccc3C)CC2)c1. The van der Waals surface area contributed by atoms with Crippen LogP contribution < -0.4 is 19.7 Å². The van der Waals surface area contributed by atoms with Gasteiger partial charge in [-0.15, -0.1) is 0 Å². The van der Waals surface area contributed by atoms with E-state index in [0.29, 0.717) is 54.2 Å². The molecule has 2 aromatic carbocycles. The Bertz CT molecular complexity index is 1100. The van der Waals surface area contributed by atoms with Crippen molar-refractivity contribution < 1.29 is 14.3 Å². The largest absolute Gasteiger partial charge is 0.497 e. The van der Waals surface area contributed by atoms with Crippen LogP contribution in [0.15, 0.2) is 54.9 Å². The van der Waals surface area contributed by atoms with Crippen LogP contribution in [0.5, 0.6) is 17.4 Å². The van der Waals surface area contributed by atoms with Crippen molar-refractivity contribution in [3.63, 3.8) is 0 Å². The molecule has 0 bridgehead atoms. The highest BCUT2D eigenvalue weighted by atomic mass is 35.5. The maximum absolute atomic E-state index is 12.8. The standard InChI is InChI=1S/C24H25ClN4O3/c1-16-6-7-18(25)14-21(16)28-23(30)17-8-12-29(13-9-17)22-24(27-11-10-26-22)32-20-5-3-4-19(15-20)31-2/h3-7,10-11,14-15,17H,8-9,12-13H2,1-2H3,(H,28,30). The number of anilines is 2. The number of hydrogen-bond donors (Lipinski definition) is 1. The topological polar surface area (TPSA) is 76.6 Å². The molecular weight excluding hydrogens is 428 g/mol. The summed E-state index contributed by atoms with van der Waals surface area (Å²) in [4.78, 5) is 23.8. The molecule has 3 aromatic rings. The van der Waals surface area contributed by atoms with Crippen LogP contribution in [0.3, 0.4) is 0 Å². The predicted molar refractivity (Wildman–Crippen MR) is 125 cm³/mol. The van der Waals surface area contributed by atoms with E-state index in [1.807, 2.05) is 37.3 Å². The fraction of sp³-hybridized carbons (Fsp3) is 0.292. The lowest BCUT2D eigenvalue weighted by atomic mass is 9.95. The van der Waals surface area contributed by atoms with Crippen molar-refractivity contribution in [1.82, 2.24) is 9.97 Å². The normalized spacial score (nSPS) is 14.2. The average molecular weight is 453 g/mol. The Kier molecular flexibility index (Phi) is 6.75. The molecule has 0 unspecified atom stereocenters. The van der Waals surface area contributed by atoms with Crippen LogP contribution >= 0.6 is 11.6 Å². The third-order valence-corrected chi connectivity index (χ3v) is 5.76. The molecule has 1 N–H and O–H groups in total. The second kappa shape index (κ2) is 9.87. The van der Waals surface area contributed by atoms with Gasteiger partial charge in [-0.3, -0.25) is 4.79 Å². The molecule has 0 atom stereocenters. The minimum absolute atomic E-state index is 0.0158. The molecular formula is C24H25ClN4O3. The minimum atomic E-state index is -0.0796. The Balaban J connectivity index is 1.41. The van der Waals surface area contributed by atoms with Crippen molar-refractivity contribution in [3.05, 3.63) is 65.4 Å². The van der Waals surface area contributed by atoms with Gasteiger partial charge in [-0.05, 0) is 49.6 Å². The monoisotopic (exact) mass is 452 g/mol. The van der Waals surface area contributed by atoms with Crippen LogP contribution in [-0.2, 0) is 4.79 Å². The van der Waals surface area contributed by atoms with Crippen molar-refractivity contribution >= 4 is 29.0 Å². The average Bonchev–Trinajstić information content (AvgIpc) is 2.82. The Labute approximate surface area is 192 Å². The van der Waals surface area contributed by atoms with Gasteiger partial charge in [0.15, 0.2) is 5.82 Å². The molecule has 1 saturated heterocycles. The van der Waals surface area contributed by atoms with E-state index in [4.69, 9.17) is 21.1 Å². The van der Waals surface area contributed by atoms with Gasteiger partial charge in [-0.25, -0.2) is 9.97 Å². The molecule has 1 aliphatic rings. The second-order valence-corrected chi connectivity index (χ2v) is 8.11. The first kappa shape index (κ1) is 21.9. The van der Waals surface area contributed by atoms with E-state index in [2.05, 4.69) is 20.2 Å². The first-order valence-corrected chi connectivity index (χ1v) is 10.9. The number of aryl methyl sites for hydroxylation is 1. The van der Waals surface area contributed by atoms with Crippen molar-refractivity contribution in [1.29, 1.82) is 0 Å². The highest BCUT2D eigenvalue weighted by Gasteiger charge is 2.28. The summed E-state index contributed by atoms with van der Waals surface area (Å²) in [6.07, 6.45) is 4.67. The maximum Gasteiger partial charge on any atom is 0.263 e. The van der Waals surface area contributed by atoms with Gasteiger partial charge in [-0.2, -0.15) is 0 Å². The summed E-state index contributed by atoms with van der Waals surface area (Å²) in [6.45, 7) is 3.31. The van der Waals surface area contributed by atoms with Crippen LogP contribution in [0, 0.1) is 12.8 Å². The molecule has 166 valence electrons. The Morgan fingerprint density at radius 1 is 1.09 bits per heavy atom. The van der Waals surface area contributed by atoms with Crippen LogP contribution in [0.4, 0.5) is 11.5 Å². The summed E-state index contributed by atoms with van der Waals surface area (Å²) in [5.74, 6) is 2.36. The zero-order valence-electron chi connectivity index (χ0n) is 18.0. The molecule has 8 heteroatoms. The molecule has 0 spiro atoms. The number of carbonyl (C=O) groups is 1. The molecule has 32 heavy (non-hydrogen) atoms. The summed E-state index contributed by atoms with van der Waals surface area (Å²) in [6, 6.07) is 12.9. The van der Waals surface area contributed by atoms with E-state index in [9.17, 15) is 4.79 Å². The fourth-order valence-corrected chi connectivity index (χ4v) is 3.87. The van der Waals surface area contributed by atoms with E-state index in [0.717, 1.165) is 11.3 Å². The summed E-state index contributed by atoms with van der Waals surface area (Å²) in [7, 11) is 1.61. The smallest absolute Gasteiger partial charge is 0.263 e. The zero-order chi connectivity index (χ0) is 22.5. The lowest BCUT2D eigenvalue weighted by Crippen LogP contribution is -2.38. The van der Waals surface area contributed by atoms with Gasteiger partial charge in [0.05, 0.1) is 7.11 Å². The molecule has 7 nitrogen and oxygen atoms in total. The molecule has 1 aromatic heterocycles. The molecule has 1 amide bonds. The highest BCUT2D eigenvalue weighted by Crippen LogP contribution is 2.32. The third-order valence-electron chi connectivity index (χ3n) is 5.53. The lowest BCUT2D eigenvalue weighted by molar-refractivity contribution is -0.120. The predicted octanol–water partition coefficient (Wildman–Crippen LogP) is 5.09. The number of nitrogens with one attached hydrogen (secondary N) is 1. The van der Waals surface area contributed by atoms with Gasteiger partial charge in [0, 0.05) is 48.2 Å². The number of aromatic nitrogens is 2. The molecule has 1 aliphatic heterocycles. The second-order valence-electron chi connectivity index (χ2n) is 7.68. The van der Waals surface area contributed by atoms with Gasteiger partial charge in [0.1, 0.15) is 11.5 Å². The summed E-state index contributed by atoms with van der Waals surface area (Å²) >= 11 is 6.07. The Hall–Kier alpha value is -3.32. The van der Waals surface area contributed by atoms with Crippen LogP contribution in [0.25, 0.3) is 0 Å². The molecule has 0 aliphatic carbocycles. The Morgan fingerprint density at radius 3 is 2.62 bits per heavy atom. The van der Waals surface area contributed by atoms with E-state index in [-0.39, 0.29) is 11.8 Å². The Morgan fingerprint density at radius 2 is 1.84 bits per heavy atom. The van der Waals surface area contributed by atoms with Crippen molar-refractivity contribution in [2.45, 2.75) is 19.8 Å². The summed E-state index contributed by atoms with van der Waals surface area (Å²) in [5, 5.41) is 3.63. The van der Waals surface area contributed by atoms with Crippen LogP contribution in [0.2, 0.25) is 5.02 Å². The number of rotatable bonds is 6. The first-order chi connectivity index (χ1) is 15.5. The maximum atomic E-state index is 12.8. The molecule has 4 rings (SSSR count). The van der Waals surface area contributed by atoms with Crippen molar-refractivity contribution in [2.24, 2.45) is 5.92 Å². The van der Waals surface area contributed by atoms with Gasteiger partial charge < -0.3 is 19.7 Å². The van der Waals surface area contributed by atoms with Gasteiger partial charge >= 0.3 is 0 Å². The molecule has 0 radical (unpaired) electrons. The number of methoxy groups -OCH3 is 1. The van der Waals surface area contributed by atoms with E-state index in [1.165, 1.54) is 0 Å². The summed E-state index contributed by atoms with van der Waals surface area (Å²) < 4.78 is 11.3.